The Morgan fingerprint density at radius 3 is 2.56 bits per heavy atom. The normalized spacial score (nSPS) is 25.3. The molecule has 0 heterocycles. The molecule has 0 spiro atoms. The number of hydrogen-bond acceptors (Lipinski definition) is 3. The van der Waals surface area contributed by atoms with Crippen LogP contribution in [0.3, 0.4) is 0 Å². The van der Waals surface area contributed by atoms with Crippen molar-refractivity contribution < 1.29 is 13.5 Å². The molecule has 2 rings (SSSR count). The summed E-state index contributed by atoms with van der Waals surface area (Å²) in [6, 6.07) is 8.41. The molecule has 0 bridgehead atoms. The minimum atomic E-state index is -3.47. The molecular formula is C14H18O3S. The van der Waals surface area contributed by atoms with E-state index in [4.69, 9.17) is 0 Å². The average Bonchev–Trinajstić information content (AvgIpc) is 2.54. The summed E-state index contributed by atoms with van der Waals surface area (Å²) < 4.78 is 25.0. The quantitative estimate of drug-likeness (QED) is 0.895. The fourth-order valence-corrected chi connectivity index (χ4v) is 4.06. The Bertz CT molecular complexity index is 531. The van der Waals surface area contributed by atoms with E-state index in [9.17, 15) is 13.5 Å². The van der Waals surface area contributed by atoms with Crippen LogP contribution in [0, 0.1) is 5.92 Å². The van der Waals surface area contributed by atoms with Crippen molar-refractivity contribution in [1.29, 1.82) is 0 Å². The summed E-state index contributed by atoms with van der Waals surface area (Å²) in [5.41, 5.74) is 0. The van der Waals surface area contributed by atoms with Gasteiger partial charge in [0, 0.05) is 5.92 Å². The van der Waals surface area contributed by atoms with Crippen molar-refractivity contribution in [3.63, 3.8) is 0 Å². The van der Waals surface area contributed by atoms with Gasteiger partial charge in [-0.2, -0.15) is 0 Å². The number of benzene rings is 1. The van der Waals surface area contributed by atoms with Crippen molar-refractivity contribution in [3.8, 4) is 0 Å². The molecule has 1 N–H and O–H groups in total. The largest absolute Gasteiger partial charge is 0.392 e. The summed E-state index contributed by atoms with van der Waals surface area (Å²) in [6.07, 6.45) is 3.40. The van der Waals surface area contributed by atoms with Gasteiger partial charge in [0.05, 0.1) is 15.9 Å². The molecule has 1 aliphatic carbocycles. The second kappa shape index (κ2) is 5.24. The minimum absolute atomic E-state index is 0.303. The molecule has 98 valence electrons. The van der Waals surface area contributed by atoms with Crippen LogP contribution in [0.25, 0.3) is 0 Å². The monoisotopic (exact) mass is 266 g/mol. The first kappa shape index (κ1) is 13.3. The third-order valence-corrected chi connectivity index (χ3v) is 5.49. The van der Waals surface area contributed by atoms with E-state index in [-0.39, 0.29) is 5.92 Å². The third kappa shape index (κ3) is 2.49. The summed E-state index contributed by atoms with van der Waals surface area (Å²) in [5.74, 6) is -0.335. The SMILES string of the molecule is CC1C(S(=O)(=O)c2ccccc2)=CCCCC1O. The highest BCUT2D eigenvalue weighted by atomic mass is 32.2. The highest BCUT2D eigenvalue weighted by Crippen LogP contribution is 2.31. The fourth-order valence-electron chi connectivity index (χ4n) is 2.29. The van der Waals surface area contributed by atoms with Gasteiger partial charge in [0.2, 0.25) is 9.84 Å². The first-order valence-electron chi connectivity index (χ1n) is 6.21. The maximum atomic E-state index is 12.5. The van der Waals surface area contributed by atoms with E-state index in [0.29, 0.717) is 22.6 Å². The molecule has 0 amide bonds. The smallest absolute Gasteiger partial charge is 0.202 e. The molecule has 1 aromatic carbocycles. The Kier molecular flexibility index (Phi) is 3.88. The molecule has 0 saturated heterocycles. The second-order valence-corrected chi connectivity index (χ2v) is 6.66. The summed E-state index contributed by atoms with van der Waals surface area (Å²) in [7, 11) is -3.47. The number of sulfone groups is 1. The van der Waals surface area contributed by atoms with Gasteiger partial charge in [-0.25, -0.2) is 8.42 Å². The Hall–Kier alpha value is -1.13. The highest BCUT2D eigenvalue weighted by Gasteiger charge is 2.30. The van der Waals surface area contributed by atoms with Gasteiger partial charge in [0.15, 0.2) is 0 Å². The minimum Gasteiger partial charge on any atom is -0.392 e. The lowest BCUT2D eigenvalue weighted by atomic mass is 10.0. The second-order valence-electron chi connectivity index (χ2n) is 4.71. The van der Waals surface area contributed by atoms with Crippen LogP contribution in [0.4, 0.5) is 0 Å². The van der Waals surface area contributed by atoms with Crippen LogP contribution in [0.2, 0.25) is 0 Å². The molecule has 0 radical (unpaired) electrons. The van der Waals surface area contributed by atoms with Crippen LogP contribution in [-0.2, 0) is 9.84 Å². The Morgan fingerprint density at radius 1 is 1.22 bits per heavy atom. The Labute approximate surface area is 108 Å². The first-order chi connectivity index (χ1) is 8.53. The predicted molar refractivity (Wildman–Crippen MR) is 70.7 cm³/mol. The van der Waals surface area contributed by atoms with E-state index in [1.54, 1.807) is 43.3 Å². The van der Waals surface area contributed by atoms with Gasteiger partial charge < -0.3 is 5.11 Å². The van der Waals surface area contributed by atoms with Gasteiger partial charge in [-0.1, -0.05) is 31.2 Å². The van der Waals surface area contributed by atoms with E-state index in [1.807, 2.05) is 0 Å². The zero-order valence-corrected chi connectivity index (χ0v) is 11.2. The van der Waals surface area contributed by atoms with Gasteiger partial charge in [0.1, 0.15) is 0 Å². The van der Waals surface area contributed by atoms with Crippen molar-refractivity contribution in [3.05, 3.63) is 41.3 Å². The molecule has 4 heteroatoms. The van der Waals surface area contributed by atoms with E-state index in [1.165, 1.54) is 0 Å². The van der Waals surface area contributed by atoms with Gasteiger partial charge in [-0.3, -0.25) is 0 Å². The molecular weight excluding hydrogens is 248 g/mol. The van der Waals surface area contributed by atoms with Gasteiger partial charge in [0.25, 0.3) is 0 Å². The summed E-state index contributed by atoms with van der Waals surface area (Å²) >= 11 is 0. The zero-order chi connectivity index (χ0) is 13.2. The van der Waals surface area contributed by atoms with Crippen molar-refractivity contribution in [2.24, 2.45) is 5.92 Å². The van der Waals surface area contributed by atoms with Crippen LogP contribution in [0.5, 0.6) is 0 Å². The number of aliphatic hydroxyl groups is 1. The molecule has 2 atom stereocenters. The average molecular weight is 266 g/mol. The third-order valence-electron chi connectivity index (χ3n) is 3.44. The van der Waals surface area contributed by atoms with E-state index < -0.39 is 15.9 Å². The van der Waals surface area contributed by atoms with E-state index in [0.717, 1.165) is 6.42 Å². The van der Waals surface area contributed by atoms with Crippen molar-refractivity contribution >= 4 is 9.84 Å². The Balaban J connectivity index is 2.44. The van der Waals surface area contributed by atoms with Gasteiger partial charge in [-0.05, 0) is 31.4 Å². The van der Waals surface area contributed by atoms with Gasteiger partial charge >= 0.3 is 0 Å². The Morgan fingerprint density at radius 2 is 1.89 bits per heavy atom. The zero-order valence-electron chi connectivity index (χ0n) is 10.4. The van der Waals surface area contributed by atoms with Crippen LogP contribution < -0.4 is 0 Å². The molecule has 3 nitrogen and oxygen atoms in total. The molecule has 1 aromatic rings. The highest BCUT2D eigenvalue weighted by molar-refractivity contribution is 7.95. The lowest BCUT2D eigenvalue weighted by molar-refractivity contribution is 0.127. The van der Waals surface area contributed by atoms with Crippen LogP contribution in [0.15, 0.2) is 46.2 Å². The first-order valence-corrected chi connectivity index (χ1v) is 7.70. The van der Waals surface area contributed by atoms with Crippen molar-refractivity contribution in [2.75, 3.05) is 0 Å². The number of aliphatic hydroxyl groups excluding tert-OH is 1. The van der Waals surface area contributed by atoms with Crippen LogP contribution in [-0.4, -0.2) is 19.6 Å². The molecule has 0 aliphatic heterocycles. The fraction of sp³-hybridized carbons (Fsp3) is 0.429. The number of allylic oxidation sites excluding steroid dienone is 1. The number of hydrogen-bond donors (Lipinski definition) is 1. The van der Waals surface area contributed by atoms with E-state index in [2.05, 4.69) is 0 Å². The van der Waals surface area contributed by atoms with Crippen molar-refractivity contribution in [1.82, 2.24) is 0 Å². The van der Waals surface area contributed by atoms with E-state index >= 15 is 0 Å². The summed E-state index contributed by atoms with van der Waals surface area (Å²) in [4.78, 5) is 0.663. The van der Waals surface area contributed by atoms with Crippen LogP contribution >= 0.6 is 0 Å². The van der Waals surface area contributed by atoms with Crippen molar-refractivity contribution in [2.45, 2.75) is 37.2 Å². The maximum Gasteiger partial charge on any atom is 0.202 e. The lowest BCUT2D eigenvalue weighted by Gasteiger charge is -2.19. The van der Waals surface area contributed by atoms with Gasteiger partial charge in [-0.15, -0.1) is 0 Å². The summed E-state index contributed by atoms with van der Waals surface area (Å²) in [6.45, 7) is 1.78. The molecule has 0 saturated carbocycles. The molecule has 1 aliphatic rings. The molecule has 0 aromatic heterocycles. The number of rotatable bonds is 2. The molecule has 2 unspecified atom stereocenters. The summed E-state index contributed by atoms with van der Waals surface area (Å²) in [5, 5.41) is 9.93. The predicted octanol–water partition coefficient (Wildman–Crippen LogP) is 2.53. The standard InChI is InChI=1S/C14H18O3S/c1-11-13(15)9-5-6-10-14(11)18(16,17)12-7-3-2-4-8-12/h2-4,7-8,10-11,13,15H,5-6,9H2,1H3. The topological polar surface area (TPSA) is 54.4 Å². The lowest BCUT2D eigenvalue weighted by Crippen LogP contribution is -2.22. The van der Waals surface area contributed by atoms with Crippen LogP contribution in [0.1, 0.15) is 26.2 Å². The maximum absolute atomic E-state index is 12.5. The molecule has 0 fully saturated rings. The molecule has 18 heavy (non-hydrogen) atoms.